The zero-order chi connectivity index (χ0) is 14.3. The fraction of sp³-hybridized carbons (Fsp3) is 0.600. The average Bonchev–Trinajstić information content (AvgIpc) is 2.38. The van der Waals surface area contributed by atoms with Crippen LogP contribution in [0.4, 0.5) is 5.69 Å². The first kappa shape index (κ1) is 16.5. The van der Waals surface area contributed by atoms with Crippen LogP contribution in [-0.2, 0) is 11.2 Å². The number of halogens is 1. The summed E-state index contributed by atoms with van der Waals surface area (Å²) in [6.07, 6.45) is 2.95. The third kappa shape index (κ3) is 5.51. The molecule has 0 aliphatic heterocycles. The predicted octanol–water partition coefficient (Wildman–Crippen LogP) is 3.20. The fourth-order valence-corrected chi connectivity index (χ4v) is 2.49. The molecule has 0 aliphatic rings. The van der Waals surface area contributed by atoms with Crippen LogP contribution in [0.1, 0.15) is 25.3 Å². The third-order valence-corrected chi connectivity index (χ3v) is 3.79. The van der Waals surface area contributed by atoms with Gasteiger partial charge in [-0.25, -0.2) is 0 Å². The van der Waals surface area contributed by atoms with Crippen molar-refractivity contribution in [1.82, 2.24) is 0 Å². The Labute approximate surface area is 125 Å². The number of anilines is 1. The van der Waals surface area contributed by atoms with Gasteiger partial charge < -0.3 is 15.4 Å². The molecule has 0 radical (unpaired) electrons. The zero-order valence-corrected chi connectivity index (χ0v) is 13.7. The van der Waals surface area contributed by atoms with Gasteiger partial charge in [0.15, 0.2) is 0 Å². The van der Waals surface area contributed by atoms with Gasteiger partial charge in [-0.05, 0) is 43.0 Å². The first-order valence-corrected chi connectivity index (χ1v) is 7.61. The van der Waals surface area contributed by atoms with E-state index in [1.165, 1.54) is 11.3 Å². The van der Waals surface area contributed by atoms with Gasteiger partial charge in [-0.1, -0.05) is 22.9 Å². The quantitative estimate of drug-likeness (QED) is 0.745. The molecular weight excluding hydrogens is 304 g/mol. The van der Waals surface area contributed by atoms with Crippen LogP contribution < -0.4 is 10.6 Å². The molecule has 0 saturated carbocycles. The number of nitrogens with two attached hydrogens (primary N) is 1. The number of methoxy groups -OCH3 is 1. The summed E-state index contributed by atoms with van der Waals surface area (Å²) >= 11 is 3.54. The van der Waals surface area contributed by atoms with E-state index in [4.69, 9.17) is 10.5 Å². The number of hydrogen-bond donors (Lipinski definition) is 1. The maximum atomic E-state index is 6.09. The molecular formula is C15H25BrN2O. The third-order valence-electron chi connectivity index (χ3n) is 3.30. The topological polar surface area (TPSA) is 38.5 Å². The van der Waals surface area contributed by atoms with Gasteiger partial charge in [-0.15, -0.1) is 0 Å². The highest BCUT2D eigenvalue weighted by atomic mass is 79.9. The van der Waals surface area contributed by atoms with Crippen molar-refractivity contribution < 1.29 is 4.74 Å². The van der Waals surface area contributed by atoms with E-state index in [1.54, 1.807) is 7.11 Å². The summed E-state index contributed by atoms with van der Waals surface area (Å²) in [5.74, 6) is 0. The highest BCUT2D eigenvalue weighted by Crippen LogP contribution is 2.25. The molecule has 0 aromatic heterocycles. The van der Waals surface area contributed by atoms with Gasteiger partial charge in [0.2, 0.25) is 0 Å². The second-order valence-electron chi connectivity index (χ2n) is 4.91. The summed E-state index contributed by atoms with van der Waals surface area (Å²) in [5.41, 5.74) is 8.67. The molecule has 0 heterocycles. The molecule has 0 saturated heterocycles. The highest BCUT2D eigenvalue weighted by molar-refractivity contribution is 9.10. The van der Waals surface area contributed by atoms with Gasteiger partial charge in [-0.2, -0.15) is 0 Å². The van der Waals surface area contributed by atoms with Crippen molar-refractivity contribution in [3.05, 3.63) is 28.2 Å². The van der Waals surface area contributed by atoms with Gasteiger partial charge in [-0.3, -0.25) is 0 Å². The summed E-state index contributed by atoms with van der Waals surface area (Å²) in [6, 6.07) is 6.65. The van der Waals surface area contributed by atoms with Crippen molar-refractivity contribution in [3.63, 3.8) is 0 Å². The molecule has 0 bridgehead atoms. The molecule has 0 fully saturated rings. The smallest absolute Gasteiger partial charge is 0.0479 e. The van der Waals surface area contributed by atoms with Crippen LogP contribution in [0.25, 0.3) is 0 Å². The summed E-state index contributed by atoms with van der Waals surface area (Å²) < 4.78 is 6.22. The first-order chi connectivity index (χ1) is 9.08. The number of hydrogen-bond acceptors (Lipinski definition) is 3. The van der Waals surface area contributed by atoms with E-state index in [9.17, 15) is 0 Å². The second-order valence-corrected chi connectivity index (χ2v) is 5.83. The molecule has 1 aromatic rings. The molecule has 108 valence electrons. The van der Waals surface area contributed by atoms with Gasteiger partial charge in [0.05, 0.1) is 0 Å². The predicted molar refractivity (Wildman–Crippen MR) is 85.9 cm³/mol. The molecule has 19 heavy (non-hydrogen) atoms. The number of nitrogens with zero attached hydrogens (tertiary/aromatic N) is 1. The van der Waals surface area contributed by atoms with Crippen LogP contribution >= 0.6 is 15.9 Å². The Kier molecular flexibility index (Phi) is 7.42. The normalized spacial score (nSPS) is 12.5. The van der Waals surface area contributed by atoms with Crippen LogP contribution in [0.15, 0.2) is 22.7 Å². The Bertz CT molecular complexity index is 384. The van der Waals surface area contributed by atoms with Crippen LogP contribution in [0.5, 0.6) is 0 Å². The first-order valence-electron chi connectivity index (χ1n) is 6.82. The molecule has 0 aliphatic carbocycles. The standard InChI is InChI=1S/C15H25BrN2O/c1-4-14(17)11-12-10-13(16)6-7-15(12)18(2)8-5-9-19-3/h6-7,10,14H,4-5,8-9,11,17H2,1-3H3. The van der Waals surface area contributed by atoms with Crippen molar-refractivity contribution in [1.29, 1.82) is 0 Å². The lowest BCUT2D eigenvalue weighted by Gasteiger charge is -2.24. The van der Waals surface area contributed by atoms with E-state index in [0.29, 0.717) is 0 Å². The van der Waals surface area contributed by atoms with E-state index < -0.39 is 0 Å². The summed E-state index contributed by atoms with van der Waals surface area (Å²) in [7, 11) is 3.87. The second kappa shape index (κ2) is 8.56. The lowest BCUT2D eigenvalue weighted by molar-refractivity contribution is 0.196. The van der Waals surface area contributed by atoms with Crippen LogP contribution in [0.3, 0.4) is 0 Å². The number of benzene rings is 1. The Morgan fingerprint density at radius 1 is 1.42 bits per heavy atom. The Balaban J connectivity index is 2.80. The molecule has 0 spiro atoms. The Hall–Kier alpha value is -0.580. The zero-order valence-electron chi connectivity index (χ0n) is 12.2. The number of ether oxygens (including phenoxy) is 1. The molecule has 2 N–H and O–H groups in total. The summed E-state index contributed by atoms with van der Waals surface area (Å²) in [6.45, 7) is 3.92. The van der Waals surface area contributed by atoms with Crippen LogP contribution in [-0.4, -0.2) is 33.4 Å². The maximum Gasteiger partial charge on any atom is 0.0479 e. The largest absolute Gasteiger partial charge is 0.385 e. The van der Waals surface area contributed by atoms with Gasteiger partial charge >= 0.3 is 0 Å². The minimum absolute atomic E-state index is 0.223. The van der Waals surface area contributed by atoms with Gasteiger partial charge in [0, 0.05) is 43.5 Å². The van der Waals surface area contributed by atoms with Crippen molar-refractivity contribution >= 4 is 21.6 Å². The molecule has 0 amide bonds. The average molecular weight is 329 g/mol. The van der Waals surface area contributed by atoms with E-state index >= 15 is 0 Å². The van der Waals surface area contributed by atoms with Crippen LogP contribution in [0.2, 0.25) is 0 Å². The molecule has 1 rings (SSSR count). The van der Waals surface area contributed by atoms with Crippen molar-refractivity contribution in [2.45, 2.75) is 32.2 Å². The Morgan fingerprint density at radius 2 is 2.16 bits per heavy atom. The lowest BCUT2D eigenvalue weighted by atomic mass is 10.0. The lowest BCUT2D eigenvalue weighted by Crippen LogP contribution is -2.25. The molecule has 1 atom stereocenters. The fourth-order valence-electron chi connectivity index (χ4n) is 2.08. The minimum atomic E-state index is 0.223. The summed E-state index contributed by atoms with van der Waals surface area (Å²) in [4.78, 5) is 2.28. The van der Waals surface area contributed by atoms with E-state index in [0.717, 1.165) is 36.9 Å². The van der Waals surface area contributed by atoms with Crippen molar-refractivity contribution in [2.24, 2.45) is 5.73 Å². The van der Waals surface area contributed by atoms with Gasteiger partial charge in [0.1, 0.15) is 0 Å². The number of rotatable bonds is 8. The maximum absolute atomic E-state index is 6.09. The molecule has 4 heteroatoms. The SMILES string of the molecule is CCC(N)Cc1cc(Br)ccc1N(C)CCCOC. The molecule has 3 nitrogen and oxygen atoms in total. The van der Waals surface area contributed by atoms with Gasteiger partial charge in [0.25, 0.3) is 0 Å². The monoisotopic (exact) mass is 328 g/mol. The molecule has 1 unspecified atom stereocenters. The van der Waals surface area contributed by atoms with Crippen molar-refractivity contribution in [3.8, 4) is 0 Å². The van der Waals surface area contributed by atoms with E-state index in [2.05, 4.69) is 53.0 Å². The molecule has 1 aromatic carbocycles. The van der Waals surface area contributed by atoms with E-state index in [1.807, 2.05) is 0 Å². The summed E-state index contributed by atoms with van der Waals surface area (Å²) in [5, 5.41) is 0. The highest BCUT2D eigenvalue weighted by Gasteiger charge is 2.11. The van der Waals surface area contributed by atoms with Crippen LogP contribution in [0, 0.1) is 0 Å². The van der Waals surface area contributed by atoms with Crippen molar-refractivity contribution in [2.75, 3.05) is 32.2 Å². The minimum Gasteiger partial charge on any atom is -0.385 e. The van der Waals surface area contributed by atoms with E-state index in [-0.39, 0.29) is 6.04 Å². The Morgan fingerprint density at radius 3 is 2.79 bits per heavy atom.